The Morgan fingerprint density at radius 2 is 2.00 bits per heavy atom. The highest BCUT2D eigenvalue weighted by Crippen LogP contribution is 2.16. The molecule has 1 aromatic carbocycles. The van der Waals surface area contributed by atoms with Crippen molar-refractivity contribution in [1.29, 1.82) is 0 Å². The Labute approximate surface area is 90.8 Å². The van der Waals surface area contributed by atoms with Gasteiger partial charge in [0, 0.05) is 32.8 Å². The van der Waals surface area contributed by atoms with Crippen LogP contribution in [0.5, 0.6) is 0 Å². The molecule has 1 fully saturated rings. The van der Waals surface area contributed by atoms with Crippen molar-refractivity contribution < 1.29 is 4.74 Å². The molecule has 0 aliphatic carbocycles. The number of likely N-dealkylation sites (tertiary alicyclic amines) is 1. The van der Waals surface area contributed by atoms with E-state index in [0.29, 0.717) is 12.6 Å². The maximum absolute atomic E-state index is 5.75. The summed E-state index contributed by atoms with van der Waals surface area (Å²) in [5, 5.41) is 0. The zero-order valence-electron chi connectivity index (χ0n) is 9.15. The number of methoxy groups -OCH3 is 1. The molecule has 3 heteroatoms. The van der Waals surface area contributed by atoms with Gasteiger partial charge < -0.3 is 10.5 Å². The molecule has 1 heterocycles. The molecule has 1 saturated heterocycles. The van der Waals surface area contributed by atoms with Crippen LogP contribution in [0.2, 0.25) is 0 Å². The standard InChI is InChI=1S/C12H18N2O/c1-15-9-11-5-3-2-4-10(11)6-14-7-12(13)8-14/h2-5,12H,6-9,13H2,1H3. The lowest BCUT2D eigenvalue weighted by molar-refractivity contribution is 0.139. The quantitative estimate of drug-likeness (QED) is 0.798. The van der Waals surface area contributed by atoms with Crippen LogP contribution < -0.4 is 5.73 Å². The van der Waals surface area contributed by atoms with Crippen LogP contribution in [0.15, 0.2) is 24.3 Å². The summed E-state index contributed by atoms with van der Waals surface area (Å²) in [6.45, 7) is 3.71. The SMILES string of the molecule is COCc1ccccc1CN1CC(N)C1. The Bertz CT molecular complexity index is 321. The molecule has 3 nitrogen and oxygen atoms in total. The first-order valence-corrected chi connectivity index (χ1v) is 5.33. The van der Waals surface area contributed by atoms with Crippen molar-refractivity contribution in [2.75, 3.05) is 20.2 Å². The van der Waals surface area contributed by atoms with Gasteiger partial charge in [-0.05, 0) is 11.1 Å². The molecule has 15 heavy (non-hydrogen) atoms. The molecule has 0 spiro atoms. The highest BCUT2D eigenvalue weighted by atomic mass is 16.5. The molecule has 0 aromatic heterocycles. The second kappa shape index (κ2) is 4.75. The van der Waals surface area contributed by atoms with Crippen molar-refractivity contribution in [3.8, 4) is 0 Å². The van der Waals surface area contributed by atoms with E-state index in [1.165, 1.54) is 11.1 Å². The molecule has 0 unspecified atom stereocenters. The number of nitrogens with zero attached hydrogens (tertiary/aromatic N) is 1. The second-order valence-electron chi connectivity index (χ2n) is 4.16. The first kappa shape index (κ1) is 10.6. The lowest BCUT2D eigenvalue weighted by Crippen LogP contribution is -2.54. The molecule has 0 atom stereocenters. The smallest absolute Gasteiger partial charge is 0.0716 e. The van der Waals surface area contributed by atoms with Crippen molar-refractivity contribution in [2.45, 2.75) is 19.2 Å². The van der Waals surface area contributed by atoms with E-state index in [9.17, 15) is 0 Å². The van der Waals surface area contributed by atoms with Crippen molar-refractivity contribution in [1.82, 2.24) is 4.90 Å². The minimum absolute atomic E-state index is 0.375. The fourth-order valence-corrected chi connectivity index (χ4v) is 1.99. The fourth-order valence-electron chi connectivity index (χ4n) is 1.99. The van der Waals surface area contributed by atoms with Crippen LogP contribution in [0.25, 0.3) is 0 Å². The van der Waals surface area contributed by atoms with Gasteiger partial charge in [0.1, 0.15) is 0 Å². The van der Waals surface area contributed by atoms with E-state index in [1.807, 2.05) is 0 Å². The number of hydrogen-bond acceptors (Lipinski definition) is 3. The van der Waals surface area contributed by atoms with E-state index in [1.54, 1.807) is 7.11 Å². The Morgan fingerprint density at radius 1 is 1.33 bits per heavy atom. The normalized spacial score (nSPS) is 17.7. The summed E-state index contributed by atoms with van der Waals surface area (Å²) < 4.78 is 5.18. The number of ether oxygens (including phenoxy) is 1. The average Bonchev–Trinajstić information content (AvgIpc) is 2.19. The molecule has 1 aromatic rings. The van der Waals surface area contributed by atoms with Crippen molar-refractivity contribution in [2.24, 2.45) is 5.73 Å². The van der Waals surface area contributed by atoms with Gasteiger partial charge in [-0.15, -0.1) is 0 Å². The van der Waals surface area contributed by atoms with Crippen molar-refractivity contribution >= 4 is 0 Å². The molecule has 0 saturated carbocycles. The highest BCUT2D eigenvalue weighted by molar-refractivity contribution is 5.26. The summed E-state index contributed by atoms with van der Waals surface area (Å²) in [4.78, 5) is 2.36. The maximum atomic E-state index is 5.75. The van der Waals surface area contributed by atoms with Gasteiger partial charge in [0.25, 0.3) is 0 Å². The van der Waals surface area contributed by atoms with Gasteiger partial charge in [-0.2, -0.15) is 0 Å². The van der Waals surface area contributed by atoms with Gasteiger partial charge in [0.2, 0.25) is 0 Å². The predicted molar refractivity (Wildman–Crippen MR) is 60.4 cm³/mol. The summed E-state index contributed by atoms with van der Waals surface area (Å²) in [5.74, 6) is 0. The third kappa shape index (κ3) is 2.56. The van der Waals surface area contributed by atoms with Gasteiger partial charge in [-0.3, -0.25) is 4.90 Å². The van der Waals surface area contributed by atoms with Gasteiger partial charge in [0.15, 0.2) is 0 Å². The molecule has 2 rings (SSSR count). The fraction of sp³-hybridized carbons (Fsp3) is 0.500. The van der Waals surface area contributed by atoms with Crippen LogP contribution in [-0.4, -0.2) is 31.1 Å². The number of nitrogens with two attached hydrogens (primary N) is 1. The predicted octanol–water partition coefficient (Wildman–Crippen LogP) is 0.976. The molecular weight excluding hydrogens is 188 g/mol. The van der Waals surface area contributed by atoms with Gasteiger partial charge in [0.05, 0.1) is 6.61 Å². The Kier molecular flexibility index (Phi) is 3.36. The van der Waals surface area contributed by atoms with E-state index in [-0.39, 0.29) is 0 Å². The average molecular weight is 206 g/mol. The number of benzene rings is 1. The topological polar surface area (TPSA) is 38.5 Å². The van der Waals surface area contributed by atoms with Crippen LogP contribution in [0.4, 0.5) is 0 Å². The molecule has 0 bridgehead atoms. The minimum Gasteiger partial charge on any atom is -0.380 e. The number of rotatable bonds is 4. The van der Waals surface area contributed by atoms with E-state index < -0.39 is 0 Å². The van der Waals surface area contributed by atoms with E-state index in [0.717, 1.165) is 19.6 Å². The molecule has 82 valence electrons. The Balaban J connectivity index is 2.00. The van der Waals surface area contributed by atoms with Crippen molar-refractivity contribution in [3.05, 3.63) is 35.4 Å². The molecule has 1 aliphatic heterocycles. The molecule has 0 amide bonds. The maximum Gasteiger partial charge on any atom is 0.0716 e. The van der Waals surface area contributed by atoms with Gasteiger partial charge in [-0.1, -0.05) is 24.3 Å². The highest BCUT2D eigenvalue weighted by Gasteiger charge is 2.23. The second-order valence-corrected chi connectivity index (χ2v) is 4.16. The zero-order valence-corrected chi connectivity index (χ0v) is 9.15. The van der Waals surface area contributed by atoms with Crippen LogP contribution in [0.3, 0.4) is 0 Å². The van der Waals surface area contributed by atoms with E-state index in [2.05, 4.69) is 29.2 Å². The molecular formula is C12H18N2O. The lowest BCUT2D eigenvalue weighted by Gasteiger charge is -2.37. The van der Waals surface area contributed by atoms with Crippen LogP contribution in [0, 0.1) is 0 Å². The van der Waals surface area contributed by atoms with Gasteiger partial charge >= 0.3 is 0 Å². The van der Waals surface area contributed by atoms with Crippen molar-refractivity contribution in [3.63, 3.8) is 0 Å². The lowest BCUT2D eigenvalue weighted by atomic mass is 10.0. The van der Waals surface area contributed by atoms with Crippen LogP contribution in [-0.2, 0) is 17.9 Å². The monoisotopic (exact) mass is 206 g/mol. The molecule has 2 N–H and O–H groups in total. The minimum atomic E-state index is 0.375. The van der Waals surface area contributed by atoms with Crippen LogP contribution >= 0.6 is 0 Å². The molecule has 1 aliphatic rings. The largest absolute Gasteiger partial charge is 0.380 e. The van der Waals surface area contributed by atoms with Crippen LogP contribution in [0.1, 0.15) is 11.1 Å². The summed E-state index contributed by atoms with van der Waals surface area (Å²) in [6, 6.07) is 8.80. The summed E-state index contributed by atoms with van der Waals surface area (Å²) in [6.07, 6.45) is 0. The third-order valence-corrected chi connectivity index (χ3v) is 2.80. The summed E-state index contributed by atoms with van der Waals surface area (Å²) in [5.41, 5.74) is 8.38. The zero-order chi connectivity index (χ0) is 10.7. The number of hydrogen-bond donors (Lipinski definition) is 1. The Hall–Kier alpha value is -0.900. The first-order chi connectivity index (χ1) is 7.29. The summed E-state index contributed by atoms with van der Waals surface area (Å²) >= 11 is 0. The van der Waals surface area contributed by atoms with E-state index in [4.69, 9.17) is 10.5 Å². The summed E-state index contributed by atoms with van der Waals surface area (Å²) in [7, 11) is 1.73. The first-order valence-electron chi connectivity index (χ1n) is 5.33. The molecule has 0 radical (unpaired) electrons. The van der Waals surface area contributed by atoms with Gasteiger partial charge in [-0.25, -0.2) is 0 Å². The Morgan fingerprint density at radius 3 is 2.60 bits per heavy atom. The third-order valence-electron chi connectivity index (χ3n) is 2.80. The van der Waals surface area contributed by atoms with E-state index >= 15 is 0 Å².